The highest BCUT2D eigenvalue weighted by Crippen LogP contribution is 2.36. The molecule has 264 valence electrons. The molecule has 1 fully saturated rings. The second kappa shape index (κ2) is 18.2. The summed E-state index contributed by atoms with van der Waals surface area (Å²) in [5, 5.41) is 16.3. The summed E-state index contributed by atoms with van der Waals surface area (Å²) in [4.78, 5) is 40.8. The van der Waals surface area contributed by atoms with Gasteiger partial charge in [-0.2, -0.15) is 0 Å². The normalized spacial score (nSPS) is 13.0. The maximum Gasteiger partial charge on any atom is 0.329 e. The molecule has 10 nitrogen and oxygen atoms in total. The fraction of sp³-hybridized carbons (Fsp3) is 0.268. The molecule has 1 aliphatic rings. The number of phenols is 1. The zero-order valence-corrected chi connectivity index (χ0v) is 28.8. The van der Waals surface area contributed by atoms with Crippen molar-refractivity contribution in [2.24, 2.45) is 0 Å². The van der Waals surface area contributed by atoms with Crippen molar-refractivity contribution in [2.75, 3.05) is 12.4 Å². The van der Waals surface area contributed by atoms with Gasteiger partial charge in [-0.05, 0) is 86.2 Å². The van der Waals surface area contributed by atoms with Gasteiger partial charge >= 0.3 is 5.97 Å². The topological polar surface area (TPSA) is 136 Å². The molecular weight excluding hydrogens is 646 g/mol. The lowest BCUT2D eigenvalue weighted by molar-refractivity contribution is -0.152. The summed E-state index contributed by atoms with van der Waals surface area (Å²) in [6.45, 7) is 1.95. The molecule has 0 radical (unpaired) electrons. The highest BCUT2D eigenvalue weighted by Gasteiger charge is 2.27. The lowest BCUT2D eigenvalue weighted by Gasteiger charge is -2.20. The van der Waals surface area contributed by atoms with Gasteiger partial charge in [0.15, 0.2) is 11.5 Å². The Labute approximate surface area is 297 Å². The minimum atomic E-state index is -0.595. The first-order valence-electron chi connectivity index (χ1n) is 17.2. The molecule has 0 aliphatic heterocycles. The Morgan fingerprint density at radius 3 is 2.24 bits per heavy atom. The summed E-state index contributed by atoms with van der Waals surface area (Å²) < 4.78 is 16.7. The molecule has 10 heteroatoms. The average Bonchev–Trinajstić information content (AvgIpc) is 3.66. The van der Waals surface area contributed by atoms with Crippen molar-refractivity contribution in [2.45, 2.75) is 64.0 Å². The molecule has 2 amide bonds. The number of phenolic OH excluding ortho intramolecular Hbond substituents is 1. The van der Waals surface area contributed by atoms with E-state index in [1.54, 1.807) is 54.7 Å². The van der Waals surface area contributed by atoms with Gasteiger partial charge in [-0.25, -0.2) is 4.79 Å². The molecule has 1 heterocycles. The van der Waals surface area contributed by atoms with Crippen LogP contribution < -0.4 is 20.1 Å². The molecule has 51 heavy (non-hydrogen) atoms. The van der Waals surface area contributed by atoms with Crippen molar-refractivity contribution in [3.63, 3.8) is 0 Å². The van der Waals surface area contributed by atoms with Crippen molar-refractivity contribution >= 4 is 34.4 Å². The van der Waals surface area contributed by atoms with Crippen LogP contribution in [-0.4, -0.2) is 47.1 Å². The number of anilines is 1. The Balaban J connectivity index is 0.000000206. The van der Waals surface area contributed by atoms with Gasteiger partial charge in [-0.15, -0.1) is 0 Å². The molecule has 1 saturated carbocycles. The molecule has 1 aromatic heterocycles. The molecule has 3 N–H and O–H groups in total. The van der Waals surface area contributed by atoms with E-state index < -0.39 is 6.04 Å². The first kappa shape index (κ1) is 36.4. The van der Waals surface area contributed by atoms with Crippen molar-refractivity contribution in [3.05, 3.63) is 120 Å². The minimum Gasteiger partial charge on any atom is -0.504 e. The molecule has 4 aromatic carbocycles. The van der Waals surface area contributed by atoms with E-state index in [9.17, 15) is 19.5 Å². The molecule has 0 saturated heterocycles. The number of aromatic nitrogens is 1. The number of amides is 2. The fourth-order valence-corrected chi connectivity index (χ4v) is 5.70. The lowest BCUT2D eigenvalue weighted by atomic mass is 10.1. The third-order valence-electron chi connectivity index (χ3n) is 8.34. The maximum atomic E-state index is 12.4. The number of benzene rings is 4. The third kappa shape index (κ3) is 10.5. The number of carbonyl (C=O) groups excluding carboxylic acids is 3. The zero-order chi connectivity index (χ0) is 36.0. The number of nitrogens with one attached hydrogen (secondary N) is 2. The number of hydrogen-bond donors (Lipinski definition) is 3. The molecule has 0 unspecified atom stereocenters. The number of aromatic hydroxyl groups is 1. The van der Waals surface area contributed by atoms with Crippen LogP contribution in [0.3, 0.4) is 0 Å². The first-order valence-corrected chi connectivity index (χ1v) is 17.2. The van der Waals surface area contributed by atoms with E-state index in [1.807, 2.05) is 55.5 Å². The van der Waals surface area contributed by atoms with Gasteiger partial charge in [0.05, 0.1) is 12.6 Å². The monoisotopic (exact) mass is 689 g/mol. The van der Waals surface area contributed by atoms with Crippen LogP contribution in [0.15, 0.2) is 109 Å². The van der Waals surface area contributed by atoms with E-state index in [-0.39, 0.29) is 29.6 Å². The van der Waals surface area contributed by atoms with Crippen molar-refractivity contribution in [1.29, 1.82) is 0 Å². The van der Waals surface area contributed by atoms with Crippen LogP contribution in [-0.2, 0) is 20.7 Å². The van der Waals surface area contributed by atoms with Crippen LogP contribution in [0.4, 0.5) is 5.69 Å². The Hall–Kier alpha value is -5.90. The third-order valence-corrected chi connectivity index (χ3v) is 8.34. The Morgan fingerprint density at radius 1 is 0.882 bits per heavy atom. The first-order chi connectivity index (χ1) is 24.8. The van der Waals surface area contributed by atoms with E-state index in [0.717, 1.165) is 37.7 Å². The number of nitrogens with zero attached hydrogens (tertiary/aromatic N) is 1. The number of rotatable bonds is 12. The highest BCUT2D eigenvalue weighted by molar-refractivity contribution is 6.04. The molecular formula is C41H43N3O7. The number of fused-ring (bicyclic) bond motifs is 1. The maximum absolute atomic E-state index is 12.4. The summed E-state index contributed by atoms with van der Waals surface area (Å²) in [5.41, 5.74) is 2.87. The summed E-state index contributed by atoms with van der Waals surface area (Å²) >= 11 is 0. The van der Waals surface area contributed by atoms with E-state index in [4.69, 9.17) is 14.2 Å². The number of pyridine rings is 1. The van der Waals surface area contributed by atoms with Crippen molar-refractivity contribution in [3.8, 4) is 23.0 Å². The molecule has 5 aromatic rings. The smallest absolute Gasteiger partial charge is 0.329 e. The summed E-state index contributed by atoms with van der Waals surface area (Å²) in [5.74, 6) is 0.965. The predicted molar refractivity (Wildman–Crippen MR) is 196 cm³/mol. The Kier molecular flexibility index (Phi) is 13.0. The standard InChI is InChI=1S/C23H18N2O4.C18H25NO3/c1-28-22-13-18-19(14-20(22)26)24-12-11-21(18)29-17-9-7-16(8-10-17)25-23(27)15-5-3-2-4-6-15;1-2-8-17(20)19-16(13-14-9-4-3-5-10-14)18(21)22-15-11-6-7-12-15/h2-14,26H,1H3,(H,25,27);3-5,9-10,15-16H,2,6-8,11-13H2,1H3,(H,19,20)/t;16-/m.0/s1. The lowest BCUT2D eigenvalue weighted by Crippen LogP contribution is -2.44. The van der Waals surface area contributed by atoms with Crippen LogP contribution in [0.25, 0.3) is 10.9 Å². The minimum absolute atomic E-state index is 0.0168. The van der Waals surface area contributed by atoms with E-state index >= 15 is 0 Å². The average molecular weight is 690 g/mol. The largest absolute Gasteiger partial charge is 0.504 e. The number of esters is 1. The van der Waals surface area contributed by atoms with Crippen molar-refractivity contribution < 1.29 is 33.7 Å². The number of methoxy groups -OCH3 is 1. The molecule has 1 atom stereocenters. The van der Waals surface area contributed by atoms with E-state index in [0.29, 0.717) is 52.2 Å². The van der Waals surface area contributed by atoms with Gasteiger partial charge < -0.3 is 30.0 Å². The van der Waals surface area contributed by atoms with Crippen LogP contribution in [0.5, 0.6) is 23.0 Å². The Morgan fingerprint density at radius 2 is 1.57 bits per heavy atom. The number of carbonyl (C=O) groups is 3. The van der Waals surface area contributed by atoms with Crippen LogP contribution >= 0.6 is 0 Å². The van der Waals surface area contributed by atoms with Gasteiger partial charge in [0.2, 0.25) is 5.91 Å². The molecule has 0 bridgehead atoms. The highest BCUT2D eigenvalue weighted by atomic mass is 16.5. The van der Waals surface area contributed by atoms with E-state index in [2.05, 4.69) is 15.6 Å². The second-order valence-corrected chi connectivity index (χ2v) is 12.2. The molecule has 1 aliphatic carbocycles. The van der Waals surface area contributed by atoms with Crippen LogP contribution in [0.1, 0.15) is 61.4 Å². The van der Waals surface area contributed by atoms with E-state index in [1.165, 1.54) is 13.2 Å². The predicted octanol–water partition coefficient (Wildman–Crippen LogP) is 7.99. The summed E-state index contributed by atoms with van der Waals surface area (Å²) in [6, 6.07) is 30.2. The number of hydrogen-bond acceptors (Lipinski definition) is 8. The van der Waals surface area contributed by atoms with Crippen LogP contribution in [0, 0.1) is 0 Å². The van der Waals surface area contributed by atoms with Gasteiger partial charge in [0.25, 0.3) is 5.91 Å². The van der Waals surface area contributed by atoms with Gasteiger partial charge in [-0.1, -0.05) is 55.5 Å². The summed E-state index contributed by atoms with van der Waals surface area (Å²) in [6.07, 6.45) is 7.41. The fourth-order valence-electron chi connectivity index (χ4n) is 5.70. The summed E-state index contributed by atoms with van der Waals surface area (Å²) in [7, 11) is 1.49. The molecule has 0 spiro atoms. The SMILES string of the molecule is CCCC(=O)N[C@@H](Cc1ccccc1)C(=O)OC1CCCC1.COc1cc2c(Oc3ccc(NC(=O)c4ccccc4)cc3)ccnc2cc1O. The number of ether oxygens (including phenoxy) is 3. The zero-order valence-electron chi connectivity index (χ0n) is 28.8. The van der Waals surface area contributed by atoms with Gasteiger partial charge in [0, 0.05) is 41.7 Å². The quantitative estimate of drug-likeness (QED) is 0.112. The second-order valence-electron chi connectivity index (χ2n) is 12.2. The van der Waals surface area contributed by atoms with Crippen LogP contribution in [0.2, 0.25) is 0 Å². The molecule has 6 rings (SSSR count). The van der Waals surface area contributed by atoms with Crippen molar-refractivity contribution in [1.82, 2.24) is 10.3 Å². The Bertz CT molecular complexity index is 1890. The van der Waals surface area contributed by atoms with Gasteiger partial charge in [0.1, 0.15) is 23.6 Å². The van der Waals surface area contributed by atoms with Gasteiger partial charge in [-0.3, -0.25) is 14.6 Å².